The van der Waals surface area contributed by atoms with Crippen molar-refractivity contribution >= 4 is 22.3 Å². The van der Waals surface area contributed by atoms with Crippen LogP contribution in [0.2, 0.25) is 0 Å². The molecule has 1 unspecified atom stereocenters. The molecule has 0 bridgehead atoms. The number of fused-ring (bicyclic) bond motifs is 3. The number of aryl methyl sites for hydroxylation is 2. The predicted octanol–water partition coefficient (Wildman–Crippen LogP) is 4.77. The highest BCUT2D eigenvalue weighted by Crippen LogP contribution is 2.35. The fourth-order valence-electron chi connectivity index (χ4n) is 4.70. The average molecular weight is 444 g/mol. The molecule has 0 radical (unpaired) electrons. The van der Waals surface area contributed by atoms with Gasteiger partial charge in [-0.25, -0.2) is 4.98 Å². The van der Waals surface area contributed by atoms with E-state index in [-0.39, 0.29) is 18.2 Å². The number of nitrogens with zero attached hydrogens (tertiary/aromatic N) is 5. The monoisotopic (exact) mass is 443 g/mol. The van der Waals surface area contributed by atoms with Crippen LogP contribution in [0.1, 0.15) is 29.1 Å². The van der Waals surface area contributed by atoms with Crippen molar-refractivity contribution in [3.63, 3.8) is 0 Å². The summed E-state index contributed by atoms with van der Waals surface area (Å²) >= 11 is 0. The van der Waals surface area contributed by atoms with Gasteiger partial charge in [-0.15, -0.1) is 0 Å². The molecule has 0 N–H and O–H groups in total. The lowest BCUT2D eigenvalue weighted by Gasteiger charge is -2.26. The molecule has 33 heavy (non-hydrogen) atoms. The highest BCUT2D eigenvalue weighted by atomic mass is 16.6. The van der Waals surface area contributed by atoms with Gasteiger partial charge in [0.2, 0.25) is 0 Å². The normalized spacial score (nSPS) is 16.8. The summed E-state index contributed by atoms with van der Waals surface area (Å²) in [6, 6.07) is 14.8. The number of nitro benzene ring substituents is 1. The summed E-state index contributed by atoms with van der Waals surface area (Å²) in [5.74, 6) is 1.16. The molecule has 8 heteroatoms. The molecule has 168 valence electrons. The largest absolute Gasteiger partial charge is 0.391 e. The van der Waals surface area contributed by atoms with Crippen molar-refractivity contribution in [2.45, 2.75) is 32.9 Å². The lowest BCUT2D eigenvalue weighted by Crippen LogP contribution is -2.28. The van der Waals surface area contributed by atoms with E-state index in [1.54, 1.807) is 12.1 Å². The van der Waals surface area contributed by atoms with Gasteiger partial charge < -0.3 is 14.0 Å². The van der Waals surface area contributed by atoms with Crippen LogP contribution in [0.3, 0.4) is 0 Å². The Morgan fingerprint density at radius 2 is 2.00 bits per heavy atom. The van der Waals surface area contributed by atoms with Crippen LogP contribution in [0.4, 0.5) is 5.69 Å². The van der Waals surface area contributed by atoms with Crippen molar-refractivity contribution in [3.8, 4) is 0 Å². The number of non-ortho nitro benzene ring substituents is 1. The zero-order chi connectivity index (χ0) is 22.9. The topological polar surface area (TPSA) is 87.5 Å². The molecule has 2 aromatic heterocycles. The van der Waals surface area contributed by atoms with E-state index in [1.807, 2.05) is 19.3 Å². The van der Waals surface area contributed by atoms with Crippen LogP contribution in [0.25, 0.3) is 10.9 Å². The first-order chi connectivity index (χ1) is 16.0. The second kappa shape index (κ2) is 8.54. The van der Waals surface area contributed by atoms with Crippen LogP contribution >= 0.6 is 0 Å². The minimum absolute atomic E-state index is 0.0634. The first kappa shape index (κ1) is 20.9. The van der Waals surface area contributed by atoms with Gasteiger partial charge in [0.25, 0.3) is 5.69 Å². The molecule has 1 atom stereocenters. The molecule has 0 saturated heterocycles. The third-order valence-corrected chi connectivity index (χ3v) is 6.48. The van der Waals surface area contributed by atoms with Gasteiger partial charge in [-0.05, 0) is 43.5 Å². The highest BCUT2D eigenvalue weighted by molar-refractivity contribution is 6.13. The van der Waals surface area contributed by atoms with E-state index in [4.69, 9.17) is 4.84 Å². The second-order valence-corrected chi connectivity index (χ2v) is 8.43. The van der Waals surface area contributed by atoms with Crippen molar-refractivity contribution in [1.29, 1.82) is 0 Å². The van der Waals surface area contributed by atoms with Gasteiger partial charge in [0, 0.05) is 66.2 Å². The van der Waals surface area contributed by atoms with Crippen LogP contribution < -0.4 is 0 Å². The zero-order valence-corrected chi connectivity index (χ0v) is 18.6. The third-order valence-electron chi connectivity index (χ3n) is 6.48. The van der Waals surface area contributed by atoms with Crippen LogP contribution in [0.5, 0.6) is 0 Å². The minimum atomic E-state index is -0.405. The highest BCUT2D eigenvalue weighted by Gasteiger charge is 2.31. The standard InChI is InChI=1S/C25H25N5O3/c1-17-26-13-14-29(17)15-19-9-12-23-24(21-5-3-4-6-22(21)28(23)2)25(19)27-33-16-18-7-10-20(11-8-18)30(31)32/h3-8,10-11,13-14,19H,9,12,15-16H2,1-2H3/b27-25+. The van der Waals surface area contributed by atoms with Crippen molar-refractivity contribution in [2.75, 3.05) is 0 Å². The summed E-state index contributed by atoms with van der Waals surface area (Å²) in [5, 5.41) is 16.7. The fraction of sp³-hybridized carbons (Fsp3) is 0.280. The van der Waals surface area contributed by atoms with Crippen molar-refractivity contribution in [1.82, 2.24) is 14.1 Å². The molecule has 4 aromatic rings. The number of hydrogen-bond donors (Lipinski definition) is 0. The number of rotatable bonds is 6. The zero-order valence-electron chi connectivity index (χ0n) is 18.6. The summed E-state index contributed by atoms with van der Waals surface area (Å²) in [5.41, 5.74) is 5.46. The molecule has 0 spiro atoms. The molecule has 1 aliphatic rings. The number of imidazole rings is 1. The Hall–Kier alpha value is -3.94. The minimum Gasteiger partial charge on any atom is -0.391 e. The molecular formula is C25H25N5O3. The fourth-order valence-corrected chi connectivity index (χ4v) is 4.70. The van der Waals surface area contributed by atoms with Crippen molar-refractivity contribution in [3.05, 3.63) is 93.7 Å². The lowest BCUT2D eigenvalue weighted by molar-refractivity contribution is -0.384. The molecule has 0 amide bonds. The van der Waals surface area contributed by atoms with Crippen LogP contribution in [0.15, 0.2) is 66.1 Å². The van der Waals surface area contributed by atoms with E-state index in [2.05, 4.69) is 50.6 Å². The van der Waals surface area contributed by atoms with Gasteiger partial charge in [-0.3, -0.25) is 10.1 Å². The SMILES string of the molecule is Cc1nccn1CC1CCc2c(c3ccccc3n2C)/C1=N/OCc1ccc([N+](=O)[O-])cc1. The summed E-state index contributed by atoms with van der Waals surface area (Å²) in [4.78, 5) is 20.7. The first-order valence-electron chi connectivity index (χ1n) is 11.0. The number of oxime groups is 1. The molecule has 0 aliphatic heterocycles. The maximum Gasteiger partial charge on any atom is 0.269 e. The number of para-hydroxylation sites is 1. The molecule has 2 aromatic carbocycles. The number of hydrogen-bond acceptors (Lipinski definition) is 5. The van der Waals surface area contributed by atoms with Gasteiger partial charge in [0.15, 0.2) is 0 Å². The molecule has 1 aliphatic carbocycles. The first-order valence-corrected chi connectivity index (χ1v) is 11.0. The van der Waals surface area contributed by atoms with E-state index >= 15 is 0 Å². The Kier molecular flexibility index (Phi) is 5.42. The van der Waals surface area contributed by atoms with Gasteiger partial charge in [-0.1, -0.05) is 23.4 Å². The molecule has 5 rings (SSSR count). The molecule has 0 saturated carbocycles. The summed E-state index contributed by atoms with van der Waals surface area (Å²) in [7, 11) is 2.11. The van der Waals surface area contributed by atoms with Crippen LogP contribution in [-0.4, -0.2) is 24.8 Å². The Balaban J connectivity index is 1.49. The Morgan fingerprint density at radius 1 is 1.21 bits per heavy atom. The van der Waals surface area contributed by atoms with E-state index in [0.717, 1.165) is 42.0 Å². The molecule has 2 heterocycles. The molecule has 0 fully saturated rings. The maximum atomic E-state index is 10.9. The Labute approximate surface area is 191 Å². The van der Waals surface area contributed by atoms with E-state index in [0.29, 0.717) is 0 Å². The Morgan fingerprint density at radius 3 is 2.73 bits per heavy atom. The van der Waals surface area contributed by atoms with Crippen molar-refractivity contribution in [2.24, 2.45) is 18.1 Å². The Bertz CT molecular complexity index is 1350. The summed E-state index contributed by atoms with van der Waals surface area (Å²) in [6.45, 7) is 3.04. The smallest absolute Gasteiger partial charge is 0.269 e. The number of aromatic nitrogens is 3. The maximum absolute atomic E-state index is 10.9. The summed E-state index contributed by atoms with van der Waals surface area (Å²) in [6.07, 6.45) is 5.77. The van der Waals surface area contributed by atoms with Crippen molar-refractivity contribution < 1.29 is 9.76 Å². The molecule has 8 nitrogen and oxygen atoms in total. The van der Waals surface area contributed by atoms with Gasteiger partial charge in [0.05, 0.1) is 10.6 Å². The quantitative estimate of drug-likeness (QED) is 0.317. The van der Waals surface area contributed by atoms with E-state index in [9.17, 15) is 10.1 Å². The van der Waals surface area contributed by atoms with Gasteiger partial charge in [0.1, 0.15) is 12.4 Å². The predicted molar refractivity (Wildman–Crippen MR) is 126 cm³/mol. The van der Waals surface area contributed by atoms with Gasteiger partial charge in [-0.2, -0.15) is 0 Å². The van der Waals surface area contributed by atoms with E-state index < -0.39 is 4.92 Å². The second-order valence-electron chi connectivity index (χ2n) is 8.43. The average Bonchev–Trinajstić information content (AvgIpc) is 3.36. The number of nitro groups is 1. The number of benzene rings is 2. The third kappa shape index (κ3) is 3.88. The van der Waals surface area contributed by atoms with Gasteiger partial charge >= 0.3 is 0 Å². The summed E-state index contributed by atoms with van der Waals surface area (Å²) < 4.78 is 4.42. The lowest BCUT2D eigenvalue weighted by atomic mass is 9.84. The molecular weight excluding hydrogens is 418 g/mol. The van der Waals surface area contributed by atoms with Crippen LogP contribution in [0, 0.1) is 23.0 Å². The van der Waals surface area contributed by atoms with Crippen LogP contribution in [-0.2, 0) is 31.5 Å². The van der Waals surface area contributed by atoms with E-state index in [1.165, 1.54) is 28.7 Å².